The van der Waals surface area contributed by atoms with E-state index in [-0.39, 0.29) is 0 Å². The molecular weight excluding hydrogens is 174 g/mol. The molecule has 1 rings (SSSR count). The van der Waals surface area contributed by atoms with Crippen molar-refractivity contribution in [3.8, 4) is 0 Å². The van der Waals surface area contributed by atoms with Gasteiger partial charge in [0.2, 0.25) is 0 Å². The molecule has 2 nitrogen and oxygen atoms in total. The van der Waals surface area contributed by atoms with Gasteiger partial charge in [-0.2, -0.15) is 0 Å². The summed E-state index contributed by atoms with van der Waals surface area (Å²) in [5.41, 5.74) is 0.464. The second kappa shape index (κ2) is 5.13. The summed E-state index contributed by atoms with van der Waals surface area (Å²) >= 11 is 0. The maximum atomic E-state index is 5.12. The Labute approximate surface area is 88.6 Å². The van der Waals surface area contributed by atoms with Gasteiger partial charge in [-0.05, 0) is 30.7 Å². The first-order chi connectivity index (χ1) is 6.54. The second-order valence-corrected chi connectivity index (χ2v) is 5.50. The van der Waals surface area contributed by atoms with E-state index in [4.69, 9.17) is 4.74 Å². The summed E-state index contributed by atoms with van der Waals surface area (Å²) in [6.07, 6.45) is 2.75. The minimum atomic E-state index is 0.464. The minimum absolute atomic E-state index is 0.464. The Hall–Kier alpha value is -0.0800. The maximum absolute atomic E-state index is 5.12. The van der Waals surface area contributed by atoms with Gasteiger partial charge in [0, 0.05) is 20.2 Å². The molecule has 1 heterocycles. The van der Waals surface area contributed by atoms with Gasteiger partial charge >= 0.3 is 0 Å². The maximum Gasteiger partial charge on any atom is 0.0589 e. The zero-order chi connectivity index (χ0) is 10.6. The highest BCUT2D eigenvalue weighted by molar-refractivity contribution is 4.81. The van der Waals surface area contributed by atoms with Gasteiger partial charge in [0.1, 0.15) is 0 Å². The molecule has 0 bridgehead atoms. The highest BCUT2D eigenvalue weighted by Gasteiger charge is 2.29. The monoisotopic (exact) mass is 199 g/mol. The van der Waals surface area contributed by atoms with E-state index in [1.807, 2.05) is 0 Å². The van der Waals surface area contributed by atoms with Gasteiger partial charge in [-0.25, -0.2) is 0 Å². The number of ether oxygens (including phenoxy) is 1. The Kier molecular flexibility index (Phi) is 4.39. The van der Waals surface area contributed by atoms with Crippen LogP contribution < -0.4 is 0 Å². The lowest BCUT2D eigenvalue weighted by atomic mass is 9.76. The van der Waals surface area contributed by atoms with Crippen LogP contribution in [0.15, 0.2) is 0 Å². The topological polar surface area (TPSA) is 12.5 Å². The summed E-state index contributed by atoms with van der Waals surface area (Å²) in [5.74, 6) is 0.855. The van der Waals surface area contributed by atoms with E-state index in [1.165, 1.54) is 25.9 Å². The van der Waals surface area contributed by atoms with Crippen molar-refractivity contribution >= 4 is 0 Å². The molecular formula is C12H25NO. The second-order valence-electron chi connectivity index (χ2n) is 5.50. The number of methoxy groups -OCH3 is 1. The predicted molar refractivity (Wildman–Crippen MR) is 60.5 cm³/mol. The number of nitrogens with zero attached hydrogens (tertiary/aromatic N) is 1. The number of hydrogen-bond acceptors (Lipinski definition) is 2. The van der Waals surface area contributed by atoms with Gasteiger partial charge in [0.05, 0.1) is 6.61 Å². The molecule has 1 fully saturated rings. The first-order valence-corrected chi connectivity index (χ1v) is 5.75. The van der Waals surface area contributed by atoms with E-state index < -0.39 is 0 Å². The molecule has 84 valence electrons. The normalized spacial score (nSPS) is 25.3. The molecule has 1 aliphatic heterocycles. The number of rotatable bonds is 3. The van der Waals surface area contributed by atoms with Crippen molar-refractivity contribution < 1.29 is 4.74 Å². The van der Waals surface area contributed by atoms with Crippen molar-refractivity contribution in [2.45, 2.75) is 33.6 Å². The zero-order valence-electron chi connectivity index (χ0n) is 10.2. The van der Waals surface area contributed by atoms with Crippen LogP contribution in [0.5, 0.6) is 0 Å². The van der Waals surface area contributed by atoms with Gasteiger partial charge in [-0.3, -0.25) is 0 Å². The van der Waals surface area contributed by atoms with Crippen LogP contribution in [0.1, 0.15) is 33.6 Å². The lowest BCUT2D eigenvalue weighted by Gasteiger charge is -2.39. The lowest BCUT2D eigenvalue weighted by molar-refractivity contribution is 0.0745. The van der Waals surface area contributed by atoms with Crippen molar-refractivity contribution in [2.75, 3.05) is 33.4 Å². The van der Waals surface area contributed by atoms with Gasteiger partial charge in [-0.1, -0.05) is 20.8 Å². The molecule has 2 heteroatoms. The molecule has 0 amide bonds. The fourth-order valence-electron chi connectivity index (χ4n) is 2.19. The van der Waals surface area contributed by atoms with Crippen LogP contribution in [0.2, 0.25) is 0 Å². The highest BCUT2D eigenvalue weighted by Crippen LogP contribution is 2.32. The molecule has 14 heavy (non-hydrogen) atoms. The quantitative estimate of drug-likeness (QED) is 0.692. The predicted octanol–water partition coefficient (Wildman–Crippen LogP) is 2.39. The molecule has 1 unspecified atom stereocenters. The highest BCUT2D eigenvalue weighted by atomic mass is 16.5. The third-order valence-corrected chi connectivity index (χ3v) is 3.34. The van der Waals surface area contributed by atoms with Crippen LogP contribution >= 0.6 is 0 Å². The number of piperidine rings is 1. The molecule has 0 spiro atoms. The average Bonchev–Trinajstić information content (AvgIpc) is 2.14. The van der Waals surface area contributed by atoms with E-state index in [0.29, 0.717) is 5.41 Å². The molecule has 0 aromatic carbocycles. The summed E-state index contributed by atoms with van der Waals surface area (Å²) < 4.78 is 5.12. The van der Waals surface area contributed by atoms with E-state index >= 15 is 0 Å². The van der Waals surface area contributed by atoms with E-state index in [2.05, 4.69) is 25.7 Å². The molecule has 1 atom stereocenters. The van der Waals surface area contributed by atoms with Crippen LogP contribution in [-0.4, -0.2) is 38.3 Å². The molecule has 1 saturated heterocycles. The summed E-state index contributed by atoms with van der Waals surface area (Å²) in [6, 6.07) is 0. The van der Waals surface area contributed by atoms with Crippen molar-refractivity contribution in [1.29, 1.82) is 0 Å². The van der Waals surface area contributed by atoms with Gasteiger partial charge in [0.25, 0.3) is 0 Å². The van der Waals surface area contributed by atoms with Crippen molar-refractivity contribution in [2.24, 2.45) is 11.3 Å². The molecule has 0 aromatic rings. The fourth-order valence-corrected chi connectivity index (χ4v) is 2.19. The smallest absolute Gasteiger partial charge is 0.0589 e. The Morgan fingerprint density at radius 3 is 2.64 bits per heavy atom. The molecule has 0 N–H and O–H groups in total. The van der Waals surface area contributed by atoms with Crippen LogP contribution in [0.3, 0.4) is 0 Å². The molecule has 0 aromatic heterocycles. The average molecular weight is 199 g/mol. The van der Waals surface area contributed by atoms with Gasteiger partial charge in [-0.15, -0.1) is 0 Å². The molecule has 0 radical (unpaired) electrons. The zero-order valence-corrected chi connectivity index (χ0v) is 10.2. The Balaban J connectivity index is 2.36. The summed E-state index contributed by atoms with van der Waals surface area (Å²) in [4.78, 5) is 2.54. The SMILES string of the molecule is COCCN1CCCC(C(C)(C)C)C1. The van der Waals surface area contributed by atoms with Gasteiger partial charge in [0.15, 0.2) is 0 Å². The lowest BCUT2D eigenvalue weighted by Crippen LogP contribution is -2.41. The Morgan fingerprint density at radius 1 is 1.36 bits per heavy atom. The van der Waals surface area contributed by atoms with E-state index in [0.717, 1.165) is 19.1 Å². The van der Waals surface area contributed by atoms with Crippen LogP contribution in [-0.2, 0) is 4.74 Å². The molecule has 0 aliphatic carbocycles. The fraction of sp³-hybridized carbons (Fsp3) is 1.00. The summed E-state index contributed by atoms with van der Waals surface area (Å²) in [7, 11) is 1.78. The number of likely N-dealkylation sites (tertiary alicyclic amines) is 1. The first kappa shape index (κ1) is 12.0. The summed E-state index contributed by atoms with van der Waals surface area (Å²) in [6.45, 7) is 11.6. The Morgan fingerprint density at radius 2 is 2.07 bits per heavy atom. The largest absolute Gasteiger partial charge is 0.383 e. The molecule has 0 saturated carbocycles. The first-order valence-electron chi connectivity index (χ1n) is 5.75. The third-order valence-electron chi connectivity index (χ3n) is 3.34. The van der Waals surface area contributed by atoms with Crippen molar-refractivity contribution in [1.82, 2.24) is 4.90 Å². The van der Waals surface area contributed by atoms with Crippen LogP contribution in [0, 0.1) is 11.3 Å². The van der Waals surface area contributed by atoms with Gasteiger partial charge < -0.3 is 9.64 Å². The van der Waals surface area contributed by atoms with Crippen LogP contribution in [0.25, 0.3) is 0 Å². The summed E-state index contributed by atoms with van der Waals surface area (Å²) in [5, 5.41) is 0. The van der Waals surface area contributed by atoms with E-state index in [1.54, 1.807) is 7.11 Å². The third kappa shape index (κ3) is 3.58. The van der Waals surface area contributed by atoms with Crippen molar-refractivity contribution in [3.05, 3.63) is 0 Å². The number of hydrogen-bond donors (Lipinski definition) is 0. The minimum Gasteiger partial charge on any atom is -0.383 e. The van der Waals surface area contributed by atoms with E-state index in [9.17, 15) is 0 Å². The van der Waals surface area contributed by atoms with Crippen LogP contribution in [0.4, 0.5) is 0 Å². The molecule has 1 aliphatic rings. The van der Waals surface area contributed by atoms with Crippen molar-refractivity contribution in [3.63, 3.8) is 0 Å². The standard InChI is InChI=1S/C12H25NO/c1-12(2,3)11-6-5-7-13(10-11)8-9-14-4/h11H,5-10H2,1-4H3. The Bertz CT molecular complexity index is 162.